The minimum Gasteiger partial charge on any atom is -0.294 e. The van der Waals surface area contributed by atoms with E-state index in [4.69, 9.17) is 0 Å². The van der Waals surface area contributed by atoms with E-state index >= 15 is 0 Å². The molecular formula is C10H14O. The van der Waals surface area contributed by atoms with E-state index in [1.165, 1.54) is 43.3 Å². The molecule has 1 heteroatoms. The molecule has 0 aliphatic heterocycles. The molecule has 11 heavy (non-hydrogen) atoms. The minimum atomic E-state index is 0.432. The normalized spacial score (nSPS) is 25.3. The van der Waals surface area contributed by atoms with Crippen molar-refractivity contribution in [1.29, 1.82) is 0 Å². The van der Waals surface area contributed by atoms with Gasteiger partial charge in [-0.05, 0) is 31.3 Å². The smallest absolute Gasteiger partial charge is 0.162 e. The lowest BCUT2D eigenvalue weighted by molar-refractivity contribution is -0.116. The lowest BCUT2D eigenvalue weighted by Crippen LogP contribution is -2.19. The zero-order chi connectivity index (χ0) is 7.68. The molecule has 0 aromatic rings. The van der Waals surface area contributed by atoms with Crippen LogP contribution in [0.3, 0.4) is 0 Å². The first-order chi connectivity index (χ1) is 5.38. The van der Waals surface area contributed by atoms with Gasteiger partial charge >= 0.3 is 0 Å². The molecule has 2 aliphatic carbocycles. The molecule has 0 heterocycles. The monoisotopic (exact) mass is 150 g/mol. The van der Waals surface area contributed by atoms with Gasteiger partial charge in [0, 0.05) is 6.42 Å². The average Bonchev–Trinajstić information content (AvgIpc) is 1.96. The summed E-state index contributed by atoms with van der Waals surface area (Å²) in [7, 11) is 0. The van der Waals surface area contributed by atoms with E-state index in [1.807, 2.05) is 0 Å². The van der Waals surface area contributed by atoms with E-state index in [0.717, 1.165) is 12.8 Å². The molecule has 60 valence electrons. The predicted molar refractivity (Wildman–Crippen MR) is 44.4 cm³/mol. The van der Waals surface area contributed by atoms with Crippen LogP contribution in [0.25, 0.3) is 0 Å². The third-order valence-electron chi connectivity index (χ3n) is 2.79. The molecular weight excluding hydrogens is 136 g/mol. The summed E-state index contributed by atoms with van der Waals surface area (Å²) in [6, 6.07) is 0. The van der Waals surface area contributed by atoms with Crippen molar-refractivity contribution in [2.24, 2.45) is 0 Å². The van der Waals surface area contributed by atoms with Crippen molar-refractivity contribution in [2.45, 2.75) is 44.9 Å². The van der Waals surface area contributed by atoms with Gasteiger partial charge in [-0.25, -0.2) is 0 Å². The highest BCUT2D eigenvalue weighted by Gasteiger charge is 2.26. The second-order valence-electron chi connectivity index (χ2n) is 3.60. The van der Waals surface area contributed by atoms with Gasteiger partial charge < -0.3 is 0 Å². The number of Topliss-reactive ketones (excluding diaryl/α,β-unsaturated/α-hetero) is 1. The van der Waals surface area contributed by atoms with Crippen LogP contribution in [0.2, 0.25) is 0 Å². The first-order valence-corrected chi connectivity index (χ1v) is 4.62. The van der Waals surface area contributed by atoms with Crippen LogP contribution in [0.5, 0.6) is 0 Å². The number of carbonyl (C=O) groups is 1. The highest BCUT2D eigenvalue weighted by atomic mass is 16.1. The van der Waals surface area contributed by atoms with Crippen LogP contribution in [0, 0.1) is 0 Å². The summed E-state index contributed by atoms with van der Waals surface area (Å²) in [5.74, 6) is 0.432. The first-order valence-electron chi connectivity index (χ1n) is 4.62. The fourth-order valence-corrected chi connectivity index (χ4v) is 2.05. The minimum absolute atomic E-state index is 0.432. The van der Waals surface area contributed by atoms with E-state index in [2.05, 4.69) is 0 Å². The zero-order valence-corrected chi connectivity index (χ0v) is 6.86. The van der Waals surface area contributed by atoms with E-state index < -0.39 is 0 Å². The molecule has 0 fully saturated rings. The SMILES string of the molecule is O=C1CC2=C1CCCCCC2. The van der Waals surface area contributed by atoms with Crippen molar-refractivity contribution < 1.29 is 4.79 Å². The summed E-state index contributed by atoms with van der Waals surface area (Å²) in [5, 5.41) is 0. The van der Waals surface area contributed by atoms with Crippen molar-refractivity contribution in [1.82, 2.24) is 0 Å². The van der Waals surface area contributed by atoms with Crippen LogP contribution in [-0.2, 0) is 4.79 Å². The summed E-state index contributed by atoms with van der Waals surface area (Å²) < 4.78 is 0. The molecule has 0 amide bonds. The molecule has 0 aromatic carbocycles. The Kier molecular flexibility index (Phi) is 1.80. The van der Waals surface area contributed by atoms with Crippen molar-refractivity contribution in [2.75, 3.05) is 0 Å². The maximum absolute atomic E-state index is 11.1. The standard InChI is InChI=1S/C10H14O/c11-10-7-8-5-3-1-2-4-6-9(8)10/h1-7H2. The van der Waals surface area contributed by atoms with Crippen LogP contribution in [0.1, 0.15) is 44.9 Å². The van der Waals surface area contributed by atoms with Crippen LogP contribution >= 0.6 is 0 Å². The Morgan fingerprint density at radius 2 is 1.64 bits per heavy atom. The molecule has 1 nitrogen and oxygen atoms in total. The fourth-order valence-electron chi connectivity index (χ4n) is 2.05. The van der Waals surface area contributed by atoms with Crippen molar-refractivity contribution in [3.05, 3.63) is 11.1 Å². The molecule has 0 saturated heterocycles. The molecule has 0 unspecified atom stereocenters. The molecule has 0 N–H and O–H groups in total. The number of ketones is 1. The third kappa shape index (κ3) is 1.24. The largest absolute Gasteiger partial charge is 0.294 e. The number of allylic oxidation sites excluding steroid dienone is 2. The van der Waals surface area contributed by atoms with Gasteiger partial charge in [-0.1, -0.05) is 18.4 Å². The molecule has 2 aliphatic rings. The van der Waals surface area contributed by atoms with Gasteiger partial charge in [0.25, 0.3) is 0 Å². The highest BCUT2D eigenvalue weighted by molar-refractivity contribution is 6.04. The summed E-state index contributed by atoms with van der Waals surface area (Å²) in [4.78, 5) is 11.1. The van der Waals surface area contributed by atoms with Crippen LogP contribution < -0.4 is 0 Å². The molecule has 2 rings (SSSR count). The Morgan fingerprint density at radius 1 is 0.909 bits per heavy atom. The maximum atomic E-state index is 11.1. The summed E-state index contributed by atoms with van der Waals surface area (Å²) in [6.07, 6.45) is 8.32. The van der Waals surface area contributed by atoms with E-state index in [-0.39, 0.29) is 0 Å². The van der Waals surface area contributed by atoms with Gasteiger partial charge in [-0.3, -0.25) is 4.79 Å². The number of hydrogen-bond acceptors (Lipinski definition) is 1. The van der Waals surface area contributed by atoms with Crippen molar-refractivity contribution in [3.63, 3.8) is 0 Å². The molecule has 0 radical (unpaired) electrons. The summed E-state index contributed by atoms with van der Waals surface area (Å²) in [5.41, 5.74) is 2.68. The zero-order valence-electron chi connectivity index (χ0n) is 6.86. The lowest BCUT2D eigenvalue weighted by Gasteiger charge is -2.24. The van der Waals surface area contributed by atoms with Crippen LogP contribution in [0.4, 0.5) is 0 Å². The van der Waals surface area contributed by atoms with Gasteiger partial charge in [0.1, 0.15) is 0 Å². The average molecular weight is 150 g/mol. The first kappa shape index (κ1) is 7.08. The molecule has 0 saturated carbocycles. The summed E-state index contributed by atoms with van der Waals surface area (Å²) in [6.45, 7) is 0. The Labute approximate surface area is 67.5 Å². The van der Waals surface area contributed by atoms with E-state index in [0.29, 0.717) is 5.78 Å². The molecule has 0 atom stereocenters. The van der Waals surface area contributed by atoms with E-state index in [9.17, 15) is 4.79 Å². The number of rotatable bonds is 0. The maximum Gasteiger partial charge on any atom is 0.162 e. The molecule has 0 bridgehead atoms. The van der Waals surface area contributed by atoms with Gasteiger partial charge in [-0.2, -0.15) is 0 Å². The second kappa shape index (κ2) is 2.80. The van der Waals surface area contributed by atoms with Crippen LogP contribution in [0.15, 0.2) is 11.1 Å². The Bertz CT molecular complexity index is 213. The molecule has 0 spiro atoms. The van der Waals surface area contributed by atoms with Crippen LogP contribution in [-0.4, -0.2) is 5.78 Å². The van der Waals surface area contributed by atoms with Gasteiger partial charge in [-0.15, -0.1) is 0 Å². The molecule has 0 aromatic heterocycles. The van der Waals surface area contributed by atoms with Gasteiger partial charge in [0.15, 0.2) is 5.78 Å². The lowest BCUT2D eigenvalue weighted by atomic mass is 9.79. The second-order valence-corrected chi connectivity index (χ2v) is 3.60. The Hall–Kier alpha value is -0.590. The van der Waals surface area contributed by atoms with Gasteiger partial charge in [0.2, 0.25) is 0 Å². The van der Waals surface area contributed by atoms with Gasteiger partial charge in [0.05, 0.1) is 0 Å². The van der Waals surface area contributed by atoms with E-state index in [1.54, 1.807) is 0 Å². The summed E-state index contributed by atoms with van der Waals surface area (Å²) >= 11 is 0. The Balaban J connectivity index is 2.10. The number of carbonyl (C=O) groups excluding carboxylic acids is 1. The van der Waals surface area contributed by atoms with Crippen molar-refractivity contribution in [3.8, 4) is 0 Å². The topological polar surface area (TPSA) is 17.1 Å². The van der Waals surface area contributed by atoms with Crippen molar-refractivity contribution >= 4 is 5.78 Å². The Morgan fingerprint density at radius 3 is 2.36 bits per heavy atom. The fraction of sp³-hybridized carbons (Fsp3) is 0.700. The predicted octanol–water partition coefficient (Wildman–Crippen LogP) is 2.61. The third-order valence-corrected chi connectivity index (χ3v) is 2.79. The highest BCUT2D eigenvalue weighted by Crippen LogP contribution is 2.34. The number of hydrogen-bond donors (Lipinski definition) is 0. The quantitative estimate of drug-likeness (QED) is 0.518.